The van der Waals surface area contributed by atoms with Crippen molar-refractivity contribution in [3.8, 4) is 0 Å². The zero-order chi connectivity index (χ0) is 13.7. The van der Waals surface area contributed by atoms with Crippen LogP contribution in [0.3, 0.4) is 0 Å². The van der Waals surface area contributed by atoms with E-state index in [4.69, 9.17) is 0 Å². The summed E-state index contributed by atoms with van der Waals surface area (Å²) in [6, 6.07) is 0. The van der Waals surface area contributed by atoms with Crippen LogP contribution in [0.2, 0.25) is 0 Å². The monoisotopic (exact) mass is 266 g/mol. The Balaban J connectivity index is 1.84. The first-order valence-corrected chi connectivity index (χ1v) is 7.08. The van der Waals surface area contributed by atoms with Gasteiger partial charge < -0.3 is 10.2 Å². The van der Waals surface area contributed by atoms with Crippen LogP contribution in [0, 0.1) is 17.7 Å². The van der Waals surface area contributed by atoms with Crippen LogP contribution in [0.25, 0.3) is 0 Å². The minimum Gasteiger partial charge on any atom is -0.341 e. The molecule has 0 aromatic carbocycles. The summed E-state index contributed by atoms with van der Waals surface area (Å²) >= 11 is 0. The van der Waals surface area contributed by atoms with E-state index in [0.29, 0.717) is 17.8 Å². The molecule has 1 aliphatic rings. The normalized spacial score (nSPS) is 20.0. The summed E-state index contributed by atoms with van der Waals surface area (Å²) < 4.78 is 12.8. The lowest BCUT2D eigenvalue weighted by Crippen LogP contribution is -2.41. The first-order chi connectivity index (χ1) is 9.15. The zero-order valence-corrected chi connectivity index (χ0v) is 11.8. The fourth-order valence-corrected chi connectivity index (χ4v) is 2.46. The smallest absolute Gasteiger partial charge is 0.225 e. The molecule has 1 saturated heterocycles. The highest BCUT2D eigenvalue weighted by Crippen LogP contribution is 2.19. The second-order valence-corrected chi connectivity index (χ2v) is 5.71. The third kappa shape index (κ3) is 4.42. The molecule has 0 aliphatic carbocycles. The molecule has 2 rings (SSSR count). The number of piperidine rings is 1. The number of rotatable bonds is 5. The Morgan fingerprint density at radius 3 is 2.84 bits per heavy atom. The molecular formula is C14H23FN4. The lowest BCUT2D eigenvalue weighted by molar-refractivity contribution is 0.379. The molecule has 1 atom stereocenters. The average molecular weight is 266 g/mol. The van der Waals surface area contributed by atoms with Crippen LogP contribution in [0.5, 0.6) is 0 Å². The first-order valence-electron chi connectivity index (χ1n) is 7.08. The third-order valence-corrected chi connectivity index (χ3v) is 3.39. The Morgan fingerprint density at radius 1 is 1.42 bits per heavy atom. The van der Waals surface area contributed by atoms with Crippen LogP contribution in [0.15, 0.2) is 12.4 Å². The summed E-state index contributed by atoms with van der Waals surface area (Å²) in [6.45, 7) is 8.45. The number of nitrogens with zero attached hydrogens (tertiary/aromatic N) is 3. The lowest BCUT2D eigenvalue weighted by atomic mass is 9.98. The molecule has 1 aromatic heterocycles. The molecule has 0 bridgehead atoms. The van der Waals surface area contributed by atoms with Gasteiger partial charge in [-0.3, -0.25) is 0 Å². The van der Waals surface area contributed by atoms with E-state index in [0.717, 1.165) is 32.6 Å². The maximum absolute atomic E-state index is 12.8. The van der Waals surface area contributed by atoms with Crippen molar-refractivity contribution in [2.75, 3.05) is 31.1 Å². The predicted octanol–water partition coefficient (Wildman–Crippen LogP) is 2.08. The van der Waals surface area contributed by atoms with Gasteiger partial charge in [0, 0.05) is 13.1 Å². The highest BCUT2D eigenvalue weighted by molar-refractivity contribution is 5.29. The van der Waals surface area contributed by atoms with Crippen LogP contribution >= 0.6 is 0 Å². The second-order valence-electron chi connectivity index (χ2n) is 5.71. The maximum Gasteiger partial charge on any atom is 0.225 e. The van der Waals surface area contributed by atoms with Gasteiger partial charge in [0.25, 0.3) is 0 Å². The van der Waals surface area contributed by atoms with Crippen LogP contribution in [-0.4, -0.2) is 36.1 Å². The first kappa shape index (κ1) is 14.2. The van der Waals surface area contributed by atoms with Crippen LogP contribution in [-0.2, 0) is 0 Å². The number of anilines is 1. The number of halogens is 1. The third-order valence-electron chi connectivity index (χ3n) is 3.39. The van der Waals surface area contributed by atoms with Crippen LogP contribution < -0.4 is 10.2 Å². The summed E-state index contributed by atoms with van der Waals surface area (Å²) in [4.78, 5) is 10.3. The molecule has 0 amide bonds. The number of hydrogen-bond donors (Lipinski definition) is 1. The number of hydrogen-bond acceptors (Lipinski definition) is 4. The van der Waals surface area contributed by atoms with Crippen molar-refractivity contribution in [1.29, 1.82) is 0 Å². The van der Waals surface area contributed by atoms with E-state index in [2.05, 4.69) is 34.0 Å². The SMILES string of the molecule is CC(C)CNCC1CCCN(c2ncc(F)cn2)C1. The van der Waals surface area contributed by atoms with E-state index in [1.807, 2.05) is 0 Å². The van der Waals surface area contributed by atoms with Crippen LogP contribution in [0.1, 0.15) is 26.7 Å². The Labute approximate surface area is 114 Å². The molecule has 1 N–H and O–H groups in total. The van der Waals surface area contributed by atoms with Crippen LogP contribution in [0.4, 0.5) is 10.3 Å². The maximum atomic E-state index is 12.8. The van der Waals surface area contributed by atoms with Gasteiger partial charge in [-0.05, 0) is 37.8 Å². The molecule has 1 unspecified atom stereocenters. The fourth-order valence-electron chi connectivity index (χ4n) is 2.46. The van der Waals surface area contributed by atoms with Gasteiger partial charge in [0.15, 0.2) is 5.82 Å². The fraction of sp³-hybridized carbons (Fsp3) is 0.714. The standard InChI is InChI=1S/C14H23FN4/c1-11(2)6-16-7-12-4-3-5-19(10-12)14-17-8-13(15)9-18-14/h8-9,11-12,16H,3-7,10H2,1-2H3. The lowest BCUT2D eigenvalue weighted by Gasteiger charge is -2.33. The quantitative estimate of drug-likeness (QED) is 0.886. The molecule has 19 heavy (non-hydrogen) atoms. The molecular weight excluding hydrogens is 243 g/mol. The number of nitrogens with one attached hydrogen (secondary N) is 1. The molecule has 1 aliphatic heterocycles. The molecule has 0 radical (unpaired) electrons. The molecule has 0 saturated carbocycles. The highest BCUT2D eigenvalue weighted by Gasteiger charge is 2.21. The summed E-state index contributed by atoms with van der Waals surface area (Å²) in [5.41, 5.74) is 0. The predicted molar refractivity (Wildman–Crippen MR) is 74.6 cm³/mol. The van der Waals surface area contributed by atoms with Crippen molar-refractivity contribution in [3.05, 3.63) is 18.2 Å². The van der Waals surface area contributed by atoms with E-state index in [1.54, 1.807) is 0 Å². The Kier molecular flexibility index (Phi) is 5.07. The van der Waals surface area contributed by atoms with Crippen molar-refractivity contribution >= 4 is 5.95 Å². The summed E-state index contributed by atoms with van der Waals surface area (Å²) in [7, 11) is 0. The zero-order valence-electron chi connectivity index (χ0n) is 11.8. The van der Waals surface area contributed by atoms with Crippen molar-refractivity contribution < 1.29 is 4.39 Å². The largest absolute Gasteiger partial charge is 0.341 e. The molecule has 0 spiro atoms. The summed E-state index contributed by atoms with van der Waals surface area (Å²) in [5.74, 6) is 1.58. The van der Waals surface area contributed by atoms with Crippen molar-refractivity contribution in [1.82, 2.24) is 15.3 Å². The summed E-state index contributed by atoms with van der Waals surface area (Å²) in [6.07, 6.45) is 4.86. The minimum absolute atomic E-state index is 0.379. The van der Waals surface area contributed by atoms with Crippen molar-refractivity contribution in [2.24, 2.45) is 11.8 Å². The van der Waals surface area contributed by atoms with Gasteiger partial charge in [-0.15, -0.1) is 0 Å². The molecule has 1 fully saturated rings. The van der Waals surface area contributed by atoms with Gasteiger partial charge in [0.2, 0.25) is 5.95 Å². The Morgan fingerprint density at radius 2 is 2.16 bits per heavy atom. The van der Waals surface area contributed by atoms with Crippen molar-refractivity contribution in [3.63, 3.8) is 0 Å². The van der Waals surface area contributed by atoms with Gasteiger partial charge in [0.1, 0.15) is 0 Å². The minimum atomic E-state index is -0.379. The molecule has 2 heterocycles. The van der Waals surface area contributed by atoms with Gasteiger partial charge in [-0.1, -0.05) is 13.8 Å². The average Bonchev–Trinajstić information content (AvgIpc) is 2.39. The molecule has 4 nitrogen and oxygen atoms in total. The highest BCUT2D eigenvalue weighted by atomic mass is 19.1. The van der Waals surface area contributed by atoms with Crippen molar-refractivity contribution in [2.45, 2.75) is 26.7 Å². The van der Waals surface area contributed by atoms with E-state index < -0.39 is 0 Å². The van der Waals surface area contributed by atoms with E-state index in [1.165, 1.54) is 18.8 Å². The van der Waals surface area contributed by atoms with E-state index >= 15 is 0 Å². The van der Waals surface area contributed by atoms with E-state index in [9.17, 15) is 4.39 Å². The van der Waals surface area contributed by atoms with Gasteiger partial charge >= 0.3 is 0 Å². The summed E-state index contributed by atoms with van der Waals surface area (Å²) in [5, 5.41) is 3.51. The Bertz CT molecular complexity index is 380. The molecule has 106 valence electrons. The molecule has 5 heteroatoms. The van der Waals surface area contributed by atoms with Gasteiger partial charge in [0.05, 0.1) is 12.4 Å². The van der Waals surface area contributed by atoms with E-state index in [-0.39, 0.29) is 5.82 Å². The molecule has 1 aromatic rings. The number of aromatic nitrogens is 2. The van der Waals surface area contributed by atoms with Gasteiger partial charge in [-0.25, -0.2) is 14.4 Å². The second kappa shape index (κ2) is 6.80. The topological polar surface area (TPSA) is 41.0 Å². The Hall–Kier alpha value is -1.23. The van der Waals surface area contributed by atoms with Gasteiger partial charge in [-0.2, -0.15) is 0 Å².